The van der Waals surface area contributed by atoms with E-state index in [1.54, 1.807) is 12.4 Å². The molecule has 0 aliphatic carbocycles. The van der Waals surface area contributed by atoms with Gasteiger partial charge in [0.2, 0.25) is 0 Å². The van der Waals surface area contributed by atoms with Crippen LogP contribution >= 0.6 is 15.9 Å². The number of aromatic amines is 1. The Bertz CT molecular complexity index is 582. The van der Waals surface area contributed by atoms with Gasteiger partial charge >= 0.3 is 0 Å². The van der Waals surface area contributed by atoms with Gasteiger partial charge in [-0.3, -0.25) is 9.78 Å². The second-order valence-corrected chi connectivity index (χ2v) is 4.34. The summed E-state index contributed by atoms with van der Waals surface area (Å²) in [7, 11) is 0. The van der Waals surface area contributed by atoms with E-state index in [4.69, 9.17) is 0 Å². The molecular weight excluding hydrogens is 284 g/mol. The molecular formula is C11H11BrN4O. The zero-order valence-electron chi connectivity index (χ0n) is 9.20. The van der Waals surface area contributed by atoms with E-state index in [-0.39, 0.29) is 5.56 Å². The van der Waals surface area contributed by atoms with E-state index in [9.17, 15) is 4.79 Å². The lowest BCUT2D eigenvalue weighted by molar-refractivity contribution is 0.959. The normalized spacial score (nSPS) is 10.2. The number of halogens is 1. The van der Waals surface area contributed by atoms with Gasteiger partial charge in [-0.1, -0.05) is 6.07 Å². The Morgan fingerprint density at radius 3 is 3.12 bits per heavy atom. The summed E-state index contributed by atoms with van der Waals surface area (Å²) in [6.07, 6.45) is 3.30. The largest absolute Gasteiger partial charge is 0.377 e. The number of pyridine rings is 1. The van der Waals surface area contributed by atoms with Crippen LogP contribution in [0.5, 0.6) is 0 Å². The van der Waals surface area contributed by atoms with Crippen molar-refractivity contribution in [3.8, 4) is 0 Å². The number of aryl methyl sites for hydroxylation is 1. The molecule has 5 nitrogen and oxygen atoms in total. The lowest BCUT2D eigenvalue weighted by Crippen LogP contribution is -2.12. The first kappa shape index (κ1) is 11.8. The van der Waals surface area contributed by atoms with Crippen LogP contribution < -0.4 is 10.9 Å². The summed E-state index contributed by atoms with van der Waals surface area (Å²) in [6.45, 7) is 2.55. The molecule has 0 bridgehead atoms. The van der Waals surface area contributed by atoms with Crippen molar-refractivity contribution in [2.75, 3.05) is 5.32 Å². The number of nitrogens with one attached hydrogen (secondary N) is 2. The van der Waals surface area contributed by atoms with Gasteiger partial charge in [-0.05, 0) is 34.5 Å². The molecule has 6 heteroatoms. The molecule has 2 N–H and O–H groups in total. The fourth-order valence-corrected chi connectivity index (χ4v) is 1.72. The number of rotatable bonds is 3. The smallest absolute Gasteiger partial charge is 0.280 e. The summed E-state index contributed by atoms with van der Waals surface area (Å²) in [6, 6.07) is 3.89. The average molecular weight is 295 g/mol. The lowest BCUT2D eigenvalue weighted by Gasteiger charge is -2.08. The zero-order valence-corrected chi connectivity index (χ0v) is 10.8. The van der Waals surface area contributed by atoms with E-state index in [0.29, 0.717) is 16.7 Å². The van der Waals surface area contributed by atoms with Crippen molar-refractivity contribution in [3.05, 3.63) is 50.6 Å². The second kappa shape index (κ2) is 5.09. The summed E-state index contributed by atoms with van der Waals surface area (Å²) in [5, 5.41) is 9.19. The molecule has 0 aromatic carbocycles. The summed E-state index contributed by atoms with van der Waals surface area (Å²) >= 11 is 3.21. The van der Waals surface area contributed by atoms with E-state index in [2.05, 4.69) is 36.4 Å². The van der Waals surface area contributed by atoms with Crippen molar-refractivity contribution >= 4 is 21.6 Å². The number of anilines is 1. The first-order valence-corrected chi connectivity index (χ1v) is 5.85. The van der Waals surface area contributed by atoms with Crippen LogP contribution in [0.4, 0.5) is 5.69 Å². The van der Waals surface area contributed by atoms with Gasteiger partial charge in [0, 0.05) is 6.20 Å². The van der Waals surface area contributed by atoms with Gasteiger partial charge in [-0.15, -0.1) is 0 Å². The van der Waals surface area contributed by atoms with Crippen molar-refractivity contribution < 1.29 is 0 Å². The Hall–Kier alpha value is -1.69. The maximum absolute atomic E-state index is 11.3. The molecule has 0 saturated heterocycles. The molecule has 2 aromatic rings. The first-order chi connectivity index (χ1) is 8.18. The molecule has 2 aromatic heterocycles. The van der Waals surface area contributed by atoms with Crippen LogP contribution in [0, 0.1) is 6.92 Å². The average Bonchev–Trinajstić information content (AvgIpc) is 2.33. The van der Waals surface area contributed by atoms with E-state index >= 15 is 0 Å². The Kier molecular flexibility index (Phi) is 3.53. The summed E-state index contributed by atoms with van der Waals surface area (Å²) in [5.41, 5.74) is 2.44. The molecule has 0 saturated carbocycles. The molecule has 17 heavy (non-hydrogen) atoms. The van der Waals surface area contributed by atoms with Crippen LogP contribution in [-0.4, -0.2) is 15.2 Å². The van der Waals surface area contributed by atoms with Crippen LogP contribution in [0.3, 0.4) is 0 Å². The van der Waals surface area contributed by atoms with Gasteiger partial charge in [-0.2, -0.15) is 5.10 Å². The molecule has 0 radical (unpaired) electrons. The topological polar surface area (TPSA) is 70.7 Å². The summed E-state index contributed by atoms with van der Waals surface area (Å²) < 4.78 is 0.445. The molecule has 88 valence electrons. The highest BCUT2D eigenvalue weighted by atomic mass is 79.9. The highest BCUT2D eigenvalue weighted by Crippen LogP contribution is 2.16. The molecule has 0 spiro atoms. The van der Waals surface area contributed by atoms with Crippen LogP contribution in [0.25, 0.3) is 0 Å². The lowest BCUT2D eigenvalue weighted by atomic mass is 10.2. The minimum atomic E-state index is -0.257. The Labute approximate surface area is 106 Å². The Balaban J connectivity index is 2.16. The minimum absolute atomic E-state index is 0.257. The van der Waals surface area contributed by atoms with Crippen LogP contribution in [-0.2, 0) is 6.54 Å². The fourth-order valence-electron chi connectivity index (χ4n) is 1.39. The highest BCUT2D eigenvalue weighted by molar-refractivity contribution is 9.10. The van der Waals surface area contributed by atoms with E-state index in [1.807, 2.05) is 19.1 Å². The molecule has 0 fully saturated rings. The van der Waals surface area contributed by atoms with Gasteiger partial charge in [-0.25, -0.2) is 5.10 Å². The van der Waals surface area contributed by atoms with E-state index in [0.717, 1.165) is 11.3 Å². The number of hydrogen-bond acceptors (Lipinski definition) is 4. The maximum Gasteiger partial charge on any atom is 0.280 e. The maximum atomic E-state index is 11.3. The van der Waals surface area contributed by atoms with Crippen molar-refractivity contribution in [1.29, 1.82) is 0 Å². The van der Waals surface area contributed by atoms with Gasteiger partial charge in [0.1, 0.15) is 4.47 Å². The molecule has 0 aliphatic rings. The van der Waals surface area contributed by atoms with E-state index in [1.165, 1.54) is 0 Å². The first-order valence-electron chi connectivity index (χ1n) is 5.06. The molecule has 0 amide bonds. The predicted octanol–water partition coefficient (Wildman–Crippen LogP) is 1.85. The number of nitrogens with zero attached hydrogens (tertiary/aromatic N) is 2. The minimum Gasteiger partial charge on any atom is -0.377 e. The van der Waals surface area contributed by atoms with Gasteiger partial charge < -0.3 is 5.32 Å². The van der Waals surface area contributed by atoms with Crippen molar-refractivity contribution in [3.63, 3.8) is 0 Å². The van der Waals surface area contributed by atoms with Gasteiger partial charge in [0.15, 0.2) is 0 Å². The van der Waals surface area contributed by atoms with Crippen LogP contribution in [0.15, 0.2) is 33.8 Å². The van der Waals surface area contributed by atoms with Crippen LogP contribution in [0.2, 0.25) is 0 Å². The second-order valence-electron chi connectivity index (χ2n) is 3.55. The van der Waals surface area contributed by atoms with Crippen molar-refractivity contribution in [2.45, 2.75) is 13.5 Å². The third kappa shape index (κ3) is 2.71. The Morgan fingerprint density at radius 2 is 2.35 bits per heavy atom. The Morgan fingerprint density at radius 1 is 1.53 bits per heavy atom. The van der Waals surface area contributed by atoms with Crippen molar-refractivity contribution in [1.82, 2.24) is 15.2 Å². The highest BCUT2D eigenvalue weighted by Gasteiger charge is 2.05. The molecule has 2 heterocycles. The molecule has 0 aliphatic heterocycles. The molecule has 0 atom stereocenters. The van der Waals surface area contributed by atoms with Crippen molar-refractivity contribution in [2.24, 2.45) is 0 Å². The number of H-pyrrole nitrogens is 1. The van der Waals surface area contributed by atoms with Gasteiger partial charge in [0.05, 0.1) is 24.1 Å². The van der Waals surface area contributed by atoms with Gasteiger partial charge in [0.25, 0.3) is 5.56 Å². The summed E-state index contributed by atoms with van der Waals surface area (Å²) in [5.74, 6) is 0. The third-order valence-corrected chi connectivity index (χ3v) is 3.15. The summed E-state index contributed by atoms with van der Waals surface area (Å²) in [4.78, 5) is 15.6. The quantitative estimate of drug-likeness (QED) is 0.906. The SMILES string of the molecule is Cc1cccnc1CNc1cn[nH]c(=O)c1Br. The van der Waals surface area contributed by atoms with Crippen LogP contribution in [0.1, 0.15) is 11.3 Å². The number of hydrogen-bond donors (Lipinski definition) is 2. The standard InChI is InChI=1S/C11H11BrN4O/c1-7-3-2-4-13-8(7)5-14-9-6-15-16-11(17)10(9)12/h2-4,6H,5H2,1H3,(H2,14,16,17). The monoisotopic (exact) mass is 294 g/mol. The van der Waals surface area contributed by atoms with E-state index < -0.39 is 0 Å². The molecule has 2 rings (SSSR count). The third-order valence-electron chi connectivity index (χ3n) is 2.36. The fraction of sp³-hybridized carbons (Fsp3) is 0.182. The zero-order chi connectivity index (χ0) is 12.3. The molecule has 0 unspecified atom stereocenters. The number of aromatic nitrogens is 3. The predicted molar refractivity (Wildman–Crippen MR) is 68.9 cm³/mol.